The van der Waals surface area contributed by atoms with Crippen LogP contribution < -0.4 is 5.73 Å². The van der Waals surface area contributed by atoms with Crippen LogP contribution in [0.15, 0.2) is 48.5 Å². The smallest absolute Gasteiger partial charge is 0.126 e. The van der Waals surface area contributed by atoms with Crippen molar-refractivity contribution >= 4 is 0 Å². The zero-order chi connectivity index (χ0) is 13.9. The summed E-state index contributed by atoms with van der Waals surface area (Å²) in [6, 6.07) is 12.9. The molecule has 2 rings (SSSR count). The summed E-state index contributed by atoms with van der Waals surface area (Å²) in [5.41, 5.74) is 7.00. The van der Waals surface area contributed by atoms with Crippen molar-refractivity contribution in [3.05, 3.63) is 71.3 Å². The van der Waals surface area contributed by atoms with Crippen LogP contribution in [0.25, 0.3) is 0 Å². The Balaban J connectivity index is 2.13. The van der Waals surface area contributed by atoms with E-state index in [1.54, 1.807) is 24.3 Å². The summed E-state index contributed by atoms with van der Waals surface area (Å²) in [6.45, 7) is 1.85. The largest absolute Gasteiger partial charge is 0.325 e. The van der Waals surface area contributed by atoms with Gasteiger partial charge in [0.1, 0.15) is 11.6 Å². The first-order chi connectivity index (χ1) is 8.96. The predicted molar refractivity (Wildman–Crippen MR) is 72.8 cm³/mol. The molecule has 1 nitrogen and oxygen atoms in total. The standard InChI is InChI=1S/C16H17F2N/c1-16(19,10-12-5-4-7-14(17)9-12)11-13-6-2-3-8-15(13)18/h2-9H,10-11,19H2,1H3. The van der Waals surface area contributed by atoms with Gasteiger partial charge in [0.25, 0.3) is 0 Å². The molecule has 0 bridgehead atoms. The van der Waals surface area contributed by atoms with Gasteiger partial charge in [-0.25, -0.2) is 8.78 Å². The summed E-state index contributed by atoms with van der Waals surface area (Å²) in [5, 5.41) is 0. The number of nitrogens with two attached hydrogens (primary N) is 1. The monoisotopic (exact) mass is 261 g/mol. The lowest BCUT2D eigenvalue weighted by atomic mass is 9.87. The molecule has 0 spiro atoms. The van der Waals surface area contributed by atoms with Gasteiger partial charge in [-0.15, -0.1) is 0 Å². The number of hydrogen-bond acceptors (Lipinski definition) is 1. The lowest BCUT2D eigenvalue weighted by molar-refractivity contribution is 0.450. The normalized spacial score (nSPS) is 14.1. The fourth-order valence-electron chi connectivity index (χ4n) is 2.25. The van der Waals surface area contributed by atoms with E-state index in [9.17, 15) is 8.78 Å². The van der Waals surface area contributed by atoms with E-state index in [1.807, 2.05) is 13.0 Å². The average molecular weight is 261 g/mol. The highest BCUT2D eigenvalue weighted by Crippen LogP contribution is 2.19. The molecule has 0 amide bonds. The quantitative estimate of drug-likeness (QED) is 0.896. The van der Waals surface area contributed by atoms with Crippen LogP contribution in [0.4, 0.5) is 8.78 Å². The molecule has 100 valence electrons. The fraction of sp³-hybridized carbons (Fsp3) is 0.250. The van der Waals surface area contributed by atoms with Gasteiger partial charge in [-0.05, 0) is 49.1 Å². The van der Waals surface area contributed by atoms with E-state index in [0.29, 0.717) is 18.4 Å². The third-order valence-electron chi connectivity index (χ3n) is 3.05. The molecular formula is C16H17F2N. The molecule has 0 saturated heterocycles. The molecule has 0 aliphatic carbocycles. The number of benzene rings is 2. The van der Waals surface area contributed by atoms with Crippen molar-refractivity contribution in [1.82, 2.24) is 0 Å². The van der Waals surface area contributed by atoms with Gasteiger partial charge in [0, 0.05) is 5.54 Å². The molecule has 0 radical (unpaired) electrons. The molecule has 2 aromatic carbocycles. The van der Waals surface area contributed by atoms with Crippen molar-refractivity contribution < 1.29 is 8.78 Å². The Morgan fingerprint density at radius 2 is 1.74 bits per heavy atom. The highest BCUT2D eigenvalue weighted by atomic mass is 19.1. The topological polar surface area (TPSA) is 26.0 Å². The van der Waals surface area contributed by atoms with Crippen LogP contribution in [0.2, 0.25) is 0 Å². The number of rotatable bonds is 4. The van der Waals surface area contributed by atoms with Gasteiger partial charge in [0.05, 0.1) is 0 Å². The Hall–Kier alpha value is -1.74. The lowest BCUT2D eigenvalue weighted by Gasteiger charge is -2.25. The maximum absolute atomic E-state index is 13.6. The second-order valence-corrected chi connectivity index (χ2v) is 5.23. The number of halogens is 2. The van der Waals surface area contributed by atoms with Crippen LogP contribution in [-0.2, 0) is 12.8 Å². The van der Waals surface area contributed by atoms with Crippen molar-refractivity contribution in [3.63, 3.8) is 0 Å². The summed E-state index contributed by atoms with van der Waals surface area (Å²) >= 11 is 0. The van der Waals surface area contributed by atoms with Crippen molar-refractivity contribution in [2.24, 2.45) is 5.73 Å². The molecule has 2 aromatic rings. The molecule has 0 aliphatic heterocycles. The van der Waals surface area contributed by atoms with Gasteiger partial charge in [-0.2, -0.15) is 0 Å². The Morgan fingerprint density at radius 3 is 2.42 bits per heavy atom. The molecule has 0 aromatic heterocycles. The zero-order valence-corrected chi connectivity index (χ0v) is 10.9. The molecule has 0 saturated carbocycles. The van der Waals surface area contributed by atoms with Crippen LogP contribution in [0.3, 0.4) is 0 Å². The fourth-order valence-corrected chi connectivity index (χ4v) is 2.25. The summed E-state index contributed by atoms with van der Waals surface area (Å²) in [6.07, 6.45) is 0.912. The van der Waals surface area contributed by atoms with Gasteiger partial charge >= 0.3 is 0 Å². The maximum atomic E-state index is 13.6. The lowest BCUT2D eigenvalue weighted by Crippen LogP contribution is -2.41. The minimum atomic E-state index is -0.615. The van der Waals surface area contributed by atoms with E-state index in [0.717, 1.165) is 5.56 Å². The Bertz CT molecular complexity index is 564. The maximum Gasteiger partial charge on any atom is 0.126 e. The van der Waals surface area contributed by atoms with E-state index < -0.39 is 5.54 Å². The summed E-state index contributed by atoms with van der Waals surface area (Å²) < 4.78 is 26.7. The molecule has 19 heavy (non-hydrogen) atoms. The van der Waals surface area contributed by atoms with E-state index in [2.05, 4.69) is 0 Å². The second kappa shape index (κ2) is 5.49. The van der Waals surface area contributed by atoms with Gasteiger partial charge in [0.2, 0.25) is 0 Å². The van der Waals surface area contributed by atoms with Crippen LogP contribution in [-0.4, -0.2) is 5.54 Å². The summed E-state index contributed by atoms with van der Waals surface area (Å²) in [4.78, 5) is 0. The van der Waals surface area contributed by atoms with Crippen LogP contribution >= 0.6 is 0 Å². The third kappa shape index (κ3) is 3.86. The van der Waals surface area contributed by atoms with Gasteiger partial charge < -0.3 is 5.73 Å². The first-order valence-corrected chi connectivity index (χ1v) is 6.23. The third-order valence-corrected chi connectivity index (χ3v) is 3.05. The van der Waals surface area contributed by atoms with Crippen LogP contribution in [0, 0.1) is 11.6 Å². The molecule has 1 unspecified atom stereocenters. The Kier molecular flexibility index (Phi) is 3.96. The van der Waals surface area contributed by atoms with Crippen molar-refractivity contribution in [2.45, 2.75) is 25.3 Å². The van der Waals surface area contributed by atoms with E-state index >= 15 is 0 Å². The molecular weight excluding hydrogens is 244 g/mol. The SMILES string of the molecule is CC(N)(Cc1cccc(F)c1)Cc1ccccc1F. The Morgan fingerprint density at radius 1 is 1.00 bits per heavy atom. The number of hydrogen-bond donors (Lipinski definition) is 1. The molecule has 1 atom stereocenters. The van der Waals surface area contributed by atoms with E-state index in [-0.39, 0.29) is 11.6 Å². The molecule has 3 heteroatoms. The molecule has 0 heterocycles. The second-order valence-electron chi connectivity index (χ2n) is 5.23. The average Bonchev–Trinajstić information content (AvgIpc) is 2.31. The predicted octanol–water partition coefficient (Wildman–Crippen LogP) is 3.47. The van der Waals surface area contributed by atoms with Crippen molar-refractivity contribution in [1.29, 1.82) is 0 Å². The van der Waals surface area contributed by atoms with Crippen LogP contribution in [0.1, 0.15) is 18.1 Å². The molecule has 0 aliphatic rings. The van der Waals surface area contributed by atoms with Crippen molar-refractivity contribution in [2.75, 3.05) is 0 Å². The molecule has 0 fully saturated rings. The summed E-state index contributed by atoms with van der Waals surface area (Å²) in [7, 11) is 0. The molecule has 2 N–H and O–H groups in total. The highest BCUT2D eigenvalue weighted by Gasteiger charge is 2.21. The first kappa shape index (κ1) is 13.7. The summed E-state index contributed by atoms with van der Waals surface area (Å²) in [5.74, 6) is -0.530. The van der Waals surface area contributed by atoms with E-state index in [4.69, 9.17) is 5.73 Å². The Labute approximate surface area is 112 Å². The van der Waals surface area contributed by atoms with Gasteiger partial charge in [-0.3, -0.25) is 0 Å². The van der Waals surface area contributed by atoms with Crippen LogP contribution in [0.5, 0.6) is 0 Å². The zero-order valence-electron chi connectivity index (χ0n) is 10.9. The highest BCUT2D eigenvalue weighted by molar-refractivity contribution is 5.23. The van der Waals surface area contributed by atoms with E-state index in [1.165, 1.54) is 18.2 Å². The first-order valence-electron chi connectivity index (χ1n) is 6.23. The minimum Gasteiger partial charge on any atom is -0.325 e. The minimum absolute atomic E-state index is 0.251. The van der Waals surface area contributed by atoms with Gasteiger partial charge in [-0.1, -0.05) is 30.3 Å². The van der Waals surface area contributed by atoms with Gasteiger partial charge in [0.15, 0.2) is 0 Å². The van der Waals surface area contributed by atoms with Crippen molar-refractivity contribution in [3.8, 4) is 0 Å².